The van der Waals surface area contributed by atoms with Crippen molar-refractivity contribution < 1.29 is 10.0 Å². The summed E-state index contributed by atoms with van der Waals surface area (Å²) in [6.07, 6.45) is 0. The van der Waals surface area contributed by atoms with Crippen LogP contribution in [0.25, 0.3) is 0 Å². The monoisotopic (exact) mass is 242 g/mol. The normalized spacial score (nSPS) is 12.8. The van der Waals surface area contributed by atoms with Crippen LogP contribution >= 0.6 is 0 Å². The second kappa shape index (κ2) is 5.13. The molecule has 96 valence electrons. The van der Waals surface area contributed by atoms with Crippen molar-refractivity contribution in [1.82, 2.24) is 9.78 Å². The van der Waals surface area contributed by atoms with Gasteiger partial charge in [-0.1, -0.05) is 0 Å². The van der Waals surface area contributed by atoms with Crippen LogP contribution in [0.3, 0.4) is 0 Å². The molecule has 7 heteroatoms. The van der Waals surface area contributed by atoms with Crippen LogP contribution in [0.5, 0.6) is 0 Å². The fraction of sp³-hybridized carbons (Fsp3) is 0.700. The zero-order chi connectivity index (χ0) is 13.2. The van der Waals surface area contributed by atoms with Crippen molar-refractivity contribution >= 4 is 11.5 Å². The first-order valence-corrected chi connectivity index (χ1v) is 5.49. The lowest BCUT2D eigenvalue weighted by Gasteiger charge is -2.15. The molecule has 1 unspecified atom stereocenters. The maximum atomic E-state index is 11.0. The van der Waals surface area contributed by atoms with Gasteiger partial charge in [-0.2, -0.15) is 5.10 Å². The second-order valence-electron chi connectivity index (χ2n) is 4.31. The minimum absolute atomic E-state index is 0.00999. The van der Waals surface area contributed by atoms with E-state index in [-0.39, 0.29) is 24.4 Å². The van der Waals surface area contributed by atoms with Crippen molar-refractivity contribution in [2.75, 3.05) is 11.9 Å². The number of anilines is 1. The molecule has 0 aliphatic heterocycles. The van der Waals surface area contributed by atoms with E-state index in [1.807, 2.05) is 13.8 Å². The van der Waals surface area contributed by atoms with Gasteiger partial charge >= 0.3 is 5.69 Å². The summed E-state index contributed by atoms with van der Waals surface area (Å²) in [6.45, 7) is 7.04. The highest BCUT2D eigenvalue weighted by atomic mass is 16.6. The van der Waals surface area contributed by atoms with Gasteiger partial charge in [0.1, 0.15) is 5.69 Å². The lowest BCUT2D eigenvalue weighted by Crippen LogP contribution is -2.22. The van der Waals surface area contributed by atoms with Crippen LogP contribution in [0.1, 0.15) is 32.5 Å². The first kappa shape index (κ1) is 13.4. The molecule has 1 aromatic rings. The molecule has 0 fully saturated rings. The van der Waals surface area contributed by atoms with E-state index in [0.29, 0.717) is 11.5 Å². The van der Waals surface area contributed by atoms with Crippen molar-refractivity contribution in [2.24, 2.45) is 0 Å². The van der Waals surface area contributed by atoms with E-state index in [4.69, 9.17) is 5.11 Å². The Hall–Kier alpha value is -1.63. The number of hydrogen-bond acceptors (Lipinski definition) is 5. The minimum Gasteiger partial charge on any atom is -0.394 e. The highest BCUT2D eigenvalue weighted by molar-refractivity contribution is 5.60. The predicted octanol–water partition coefficient (Wildman–Crippen LogP) is 1.47. The fourth-order valence-corrected chi connectivity index (χ4v) is 1.54. The van der Waals surface area contributed by atoms with Crippen LogP contribution in [-0.4, -0.2) is 32.5 Å². The molecule has 1 atom stereocenters. The summed E-state index contributed by atoms with van der Waals surface area (Å²) in [5.74, 6) is 0.351. The Morgan fingerprint density at radius 3 is 2.53 bits per heavy atom. The van der Waals surface area contributed by atoms with E-state index >= 15 is 0 Å². The third-order valence-corrected chi connectivity index (χ3v) is 2.38. The molecule has 2 N–H and O–H groups in total. The molecule has 0 saturated heterocycles. The highest BCUT2D eigenvalue weighted by Crippen LogP contribution is 2.30. The van der Waals surface area contributed by atoms with Crippen LogP contribution in [0, 0.1) is 17.0 Å². The molecule has 0 radical (unpaired) electrons. The SMILES string of the molecule is Cc1nn(C(C)C)c(NC(C)CO)c1[N+](=O)[O-]. The van der Waals surface area contributed by atoms with E-state index < -0.39 is 4.92 Å². The van der Waals surface area contributed by atoms with E-state index in [2.05, 4.69) is 10.4 Å². The molecular weight excluding hydrogens is 224 g/mol. The lowest BCUT2D eigenvalue weighted by molar-refractivity contribution is -0.384. The van der Waals surface area contributed by atoms with Gasteiger partial charge in [0.15, 0.2) is 0 Å². The zero-order valence-corrected chi connectivity index (χ0v) is 10.5. The number of hydrogen-bond donors (Lipinski definition) is 2. The lowest BCUT2D eigenvalue weighted by atomic mass is 10.3. The van der Waals surface area contributed by atoms with E-state index in [1.54, 1.807) is 18.5 Å². The smallest absolute Gasteiger partial charge is 0.333 e. The summed E-state index contributed by atoms with van der Waals surface area (Å²) in [5, 5.41) is 27.1. The first-order chi connectivity index (χ1) is 7.88. The number of nitro groups is 1. The summed E-state index contributed by atoms with van der Waals surface area (Å²) >= 11 is 0. The molecule has 0 aliphatic rings. The van der Waals surface area contributed by atoms with Gasteiger partial charge in [0.25, 0.3) is 0 Å². The summed E-state index contributed by atoms with van der Waals surface area (Å²) < 4.78 is 1.57. The van der Waals surface area contributed by atoms with Gasteiger partial charge in [-0.25, -0.2) is 4.68 Å². The van der Waals surface area contributed by atoms with Crippen LogP contribution in [0.15, 0.2) is 0 Å². The standard InChI is InChI=1S/C10H18N4O3/c1-6(2)13-10(11-7(3)5-15)9(14(16)17)8(4)12-13/h6-7,11,15H,5H2,1-4H3. The maximum Gasteiger partial charge on any atom is 0.333 e. The van der Waals surface area contributed by atoms with Crippen LogP contribution < -0.4 is 5.32 Å². The van der Waals surface area contributed by atoms with Gasteiger partial charge in [0, 0.05) is 12.1 Å². The molecule has 0 aromatic carbocycles. The van der Waals surface area contributed by atoms with Gasteiger partial charge in [-0.05, 0) is 27.7 Å². The van der Waals surface area contributed by atoms with Crippen molar-refractivity contribution in [1.29, 1.82) is 0 Å². The third kappa shape index (κ3) is 2.73. The van der Waals surface area contributed by atoms with E-state index in [0.717, 1.165) is 0 Å². The Kier molecular flexibility index (Phi) is 4.06. The predicted molar refractivity (Wildman–Crippen MR) is 64.2 cm³/mol. The van der Waals surface area contributed by atoms with E-state index in [1.165, 1.54) is 0 Å². The molecule has 0 bridgehead atoms. The average Bonchev–Trinajstić information content (AvgIpc) is 2.55. The summed E-state index contributed by atoms with van der Waals surface area (Å²) in [5.41, 5.74) is 0.343. The van der Waals surface area contributed by atoms with Crippen LogP contribution in [0.4, 0.5) is 11.5 Å². The van der Waals surface area contributed by atoms with Gasteiger partial charge in [-0.15, -0.1) is 0 Å². The van der Waals surface area contributed by atoms with Gasteiger partial charge < -0.3 is 10.4 Å². The third-order valence-electron chi connectivity index (χ3n) is 2.38. The molecule has 0 spiro atoms. The molecule has 0 saturated carbocycles. The summed E-state index contributed by atoms with van der Waals surface area (Å²) in [4.78, 5) is 10.5. The molecule has 7 nitrogen and oxygen atoms in total. The summed E-state index contributed by atoms with van der Waals surface area (Å²) in [7, 11) is 0. The Balaban J connectivity index is 3.25. The average molecular weight is 242 g/mol. The Bertz CT molecular complexity index is 414. The summed E-state index contributed by atoms with van der Waals surface area (Å²) in [6, 6.07) is -0.252. The topological polar surface area (TPSA) is 93.2 Å². The first-order valence-electron chi connectivity index (χ1n) is 5.49. The molecular formula is C10H18N4O3. The molecule has 1 rings (SSSR count). The number of rotatable bonds is 5. The fourth-order valence-electron chi connectivity index (χ4n) is 1.54. The van der Waals surface area contributed by atoms with Crippen molar-refractivity contribution in [3.63, 3.8) is 0 Å². The Labute approximate surface area is 99.6 Å². The molecule has 0 aliphatic carbocycles. The molecule has 1 heterocycles. The van der Waals surface area contributed by atoms with Crippen molar-refractivity contribution in [3.8, 4) is 0 Å². The van der Waals surface area contributed by atoms with Crippen molar-refractivity contribution in [3.05, 3.63) is 15.8 Å². The number of aromatic nitrogens is 2. The Morgan fingerprint density at radius 1 is 1.53 bits per heavy atom. The van der Waals surface area contributed by atoms with E-state index in [9.17, 15) is 10.1 Å². The van der Waals surface area contributed by atoms with Gasteiger partial charge in [0.2, 0.25) is 5.82 Å². The van der Waals surface area contributed by atoms with Gasteiger partial charge in [0.05, 0.1) is 11.5 Å². The minimum atomic E-state index is -0.451. The van der Waals surface area contributed by atoms with Crippen LogP contribution in [0.2, 0.25) is 0 Å². The maximum absolute atomic E-state index is 11.0. The molecule has 0 amide bonds. The number of aliphatic hydroxyl groups excluding tert-OH is 1. The highest BCUT2D eigenvalue weighted by Gasteiger charge is 2.27. The molecule has 1 aromatic heterocycles. The number of nitrogens with one attached hydrogen (secondary N) is 1. The Morgan fingerprint density at radius 2 is 2.12 bits per heavy atom. The van der Waals surface area contributed by atoms with Crippen molar-refractivity contribution in [2.45, 2.75) is 39.8 Å². The largest absolute Gasteiger partial charge is 0.394 e. The van der Waals surface area contributed by atoms with Gasteiger partial charge in [-0.3, -0.25) is 10.1 Å². The zero-order valence-electron chi connectivity index (χ0n) is 10.5. The second-order valence-corrected chi connectivity index (χ2v) is 4.31. The number of aliphatic hydroxyl groups is 1. The number of nitrogens with zero attached hydrogens (tertiary/aromatic N) is 3. The number of aryl methyl sites for hydroxylation is 1. The van der Waals surface area contributed by atoms with Crippen LogP contribution in [-0.2, 0) is 0 Å². The quantitative estimate of drug-likeness (QED) is 0.602. The molecule has 17 heavy (non-hydrogen) atoms.